The Morgan fingerprint density at radius 1 is 1.27 bits per heavy atom. The van der Waals surface area contributed by atoms with Gasteiger partial charge in [0.15, 0.2) is 5.82 Å². The number of amides is 1. The standard InChI is InChI=1S/C16H19N5O/c1-9-5-6-13-12(10(9)2)7-14(18-13)16(22)17-8-15-20-19-11(3)21(15)4/h5-7,18H,8H2,1-4H3,(H,17,22). The molecule has 0 unspecified atom stereocenters. The summed E-state index contributed by atoms with van der Waals surface area (Å²) in [6, 6.07) is 5.95. The van der Waals surface area contributed by atoms with E-state index in [0.29, 0.717) is 12.2 Å². The fourth-order valence-corrected chi connectivity index (χ4v) is 2.44. The zero-order chi connectivity index (χ0) is 15.9. The topological polar surface area (TPSA) is 75.6 Å². The lowest BCUT2D eigenvalue weighted by molar-refractivity contribution is 0.0945. The van der Waals surface area contributed by atoms with Crippen LogP contribution in [-0.2, 0) is 13.6 Å². The minimum absolute atomic E-state index is 0.145. The number of aromatic amines is 1. The molecule has 0 radical (unpaired) electrons. The molecule has 0 aliphatic carbocycles. The van der Waals surface area contributed by atoms with E-state index in [1.54, 1.807) is 0 Å². The third-order valence-corrected chi connectivity index (χ3v) is 4.18. The van der Waals surface area contributed by atoms with Crippen molar-refractivity contribution in [2.45, 2.75) is 27.3 Å². The molecule has 0 fully saturated rings. The fourth-order valence-electron chi connectivity index (χ4n) is 2.44. The zero-order valence-corrected chi connectivity index (χ0v) is 13.2. The van der Waals surface area contributed by atoms with Gasteiger partial charge >= 0.3 is 0 Å². The summed E-state index contributed by atoms with van der Waals surface area (Å²) in [6.45, 7) is 6.36. The Balaban J connectivity index is 1.80. The Kier molecular flexibility index (Phi) is 3.44. The van der Waals surface area contributed by atoms with E-state index in [4.69, 9.17) is 0 Å². The molecule has 0 saturated carbocycles. The van der Waals surface area contributed by atoms with Crippen molar-refractivity contribution in [2.24, 2.45) is 7.05 Å². The van der Waals surface area contributed by atoms with Gasteiger partial charge in [0, 0.05) is 18.0 Å². The van der Waals surface area contributed by atoms with Crippen molar-refractivity contribution in [3.05, 3.63) is 46.7 Å². The van der Waals surface area contributed by atoms with Gasteiger partial charge in [-0.25, -0.2) is 0 Å². The van der Waals surface area contributed by atoms with Crippen LogP contribution < -0.4 is 5.32 Å². The highest BCUT2D eigenvalue weighted by atomic mass is 16.1. The first-order chi connectivity index (χ1) is 10.5. The Labute approximate surface area is 128 Å². The fraction of sp³-hybridized carbons (Fsp3) is 0.312. The second kappa shape index (κ2) is 5.29. The number of nitrogens with one attached hydrogen (secondary N) is 2. The first-order valence-corrected chi connectivity index (χ1v) is 7.19. The third kappa shape index (κ3) is 2.36. The van der Waals surface area contributed by atoms with Crippen LogP contribution >= 0.6 is 0 Å². The monoisotopic (exact) mass is 297 g/mol. The smallest absolute Gasteiger partial charge is 0.268 e. The molecule has 22 heavy (non-hydrogen) atoms. The van der Waals surface area contributed by atoms with Crippen molar-refractivity contribution >= 4 is 16.8 Å². The van der Waals surface area contributed by atoms with Gasteiger partial charge in [-0.3, -0.25) is 4.79 Å². The predicted molar refractivity (Wildman–Crippen MR) is 84.7 cm³/mol. The minimum atomic E-state index is -0.145. The lowest BCUT2D eigenvalue weighted by Gasteiger charge is -2.03. The largest absolute Gasteiger partial charge is 0.351 e. The molecule has 2 heterocycles. The van der Waals surface area contributed by atoms with E-state index in [1.165, 1.54) is 11.1 Å². The molecule has 6 nitrogen and oxygen atoms in total. The molecule has 1 aromatic carbocycles. The number of H-pyrrole nitrogens is 1. The summed E-state index contributed by atoms with van der Waals surface area (Å²) < 4.78 is 1.86. The second-order valence-corrected chi connectivity index (χ2v) is 5.56. The molecule has 0 bridgehead atoms. The summed E-state index contributed by atoms with van der Waals surface area (Å²) in [4.78, 5) is 15.5. The Bertz CT molecular complexity index is 859. The SMILES string of the molecule is Cc1ccc2[nH]c(C(=O)NCc3nnc(C)n3C)cc2c1C. The van der Waals surface area contributed by atoms with E-state index < -0.39 is 0 Å². The average molecular weight is 297 g/mol. The third-order valence-electron chi connectivity index (χ3n) is 4.18. The average Bonchev–Trinajstić information content (AvgIpc) is 3.07. The summed E-state index contributed by atoms with van der Waals surface area (Å²) in [6.07, 6.45) is 0. The first-order valence-electron chi connectivity index (χ1n) is 7.19. The van der Waals surface area contributed by atoms with E-state index in [9.17, 15) is 4.79 Å². The quantitative estimate of drug-likeness (QED) is 0.778. The number of aryl methyl sites for hydroxylation is 3. The Morgan fingerprint density at radius 3 is 2.73 bits per heavy atom. The van der Waals surface area contributed by atoms with Crippen molar-refractivity contribution in [2.75, 3.05) is 0 Å². The van der Waals surface area contributed by atoms with E-state index in [2.05, 4.69) is 40.4 Å². The van der Waals surface area contributed by atoms with Crippen LogP contribution in [0.3, 0.4) is 0 Å². The number of fused-ring (bicyclic) bond motifs is 1. The maximum Gasteiger partial charge on any atom is 0.268 e. The van der Waals surface area contributed by atoms with Gasteiger partial charge in [0.05, 0.1) is 6.54 Å². The Hall–Kier alpha value is -2.63. The normalized spacial score (nSPS) is 11.1. The highest BCUT2D eigenvalue weighted by molar-refractivity contribution is 5.99. The number of aromatic nitrogens is 4. The molecular formula is C16H19N5O. The maximum atomic E-state index is 12.3. The van der Waals surface area contributed by atoms with Crippen LogP contribution in [0.4, 0.5) is 0 Å². The van der Waals surface area contributed by atoms with Gasteiger partial charge in [-0.15, -0.1) is 10.2 Å². The van der Waals surface area contributed by atoms with Gasteiger partial charge in [-0.05, 0) is 44.0 Å². The number of hydrogen-bond acceptors (Lipinski definition) is 3. The summed E-state index contributed by atoms with van der Waals surface area (Å²) in [5.41, 5.74) is 3.94. The van der Waals surface area contributed by atoms with E-state index >= 15 is 0 Å². The molecule has 0 aliphatic rings. The van der Waals surface area contributed by atoms with E-state index in [1.807, 2.05) is 30.7 Å². The predicted octanol–water partition coefficient (Wildman–Crippen LogP) is 2.15. The van der Waals surface area contributed by atoms with Gasteiger partial charge in [-0.1, -0.05) is 6.07 Å². The molecule has 0 spiro atoms. The van der Waals surface area contributed by atoms with Crippen molar-refractivity contribution < 1.29 is 4.79 Å². The van der Waals surface area contributed by atoms with Crippen LogP contribution in [0.1, 0.15) is 33.3 Å². The number of carbonyl (C=O) groups is 1. The van der Waals surface area contributed by atoms with Crippen LogP contribution in [-0.4, -0.2) is 25.7 Å². The lowest BCUT2D eigenvalue weighted by atomic mass is 10.1. The number of benzene rings is 1. The van der Waals surface area contributed by atoms with Crippen molar-refractivity contribution in [1.29, 1.82) is 0 Å². The van der Waals surface area contributed by atoms with Crippen molar-refractivity contribution in [1.82, 2.24) is 25.1 Å². The number of nitrogens with zero attached hydrogens (tertiary/aromatic N) is 3. The molecular weight excluding hydrogens is 278 g/mol. The minimum Gasteiger partial charge on any atom is -0.351 e. The summed E-state index contributed by atoms with van der Waals surface area (Å²) in [7, 11) is 1.88. The zero-order valence-electron chi connectivity index (χ0n) is 13.2. The first kappa shape index (κ1) is 14.3. The van der Waals surface area contributed by atoms with Crippen LogP contribution in [0.15, 0.2) is 18.2 Å². The second-order valence-electron chi connectivity index (χ2n) is 5.56. The van der Waals surface area contributed by atoms with Gasteiger partial charge in [0.1, 0.15) is 11.5 Å². The number of carbonyl (C=O) groups excluding carboxylic acids is 1. The van der Waals surface area contributed by atoms with Gasteiger partial charge in [-0.2, -0.15) is 0 Å². The molecule has 0 atom stereocenters. The maximum absolute atomic E-state index is 12.3. The molecule has 1 amide bonds. The molecule has 2 N–H and O–H groups in total. The number of rotatable bonds is 3. The van der Waals surface area contributed by atoms with E-state index in [0.717, 1.165) is 22.6 Å². The molecule has 3 aromatic rings. The summed E-state index contributed by atoms with van der Waals surface area (Å²) in [5.74, 6) is 1.41. The Morgan fingerprint density at radius 2 is 2.05 bits per heavy atom. The molecule has 114 valence electrons. The van der Waals surface area contributed by atoms with Crippen LogP contribution in [0.5, 0.6) is 0 Å². The highest BCUT2D eigenvalue weighted by Crippen LogP contribution is 2.22. The molecule has 6 heteroatoms. The molecule has 3 rings (SSSR count). The van der Waals surface area contributed by atoms with Gasteiger partial charge < -0.3 is 14.9 Å². The van der Waals surface area contributed by atoms with Crippen LogP contribution in [0, 0.1) is 20.8 Å². The van der Waals surface area contributed by atoms with Crippen LogP contribution in [0.25, 0.3) is 10.9 Å². The molecule has 2 aromatic heterocycles. The molecule has 0 saturated heterocycles. The summed E-state index contributed by atoms with van der Waals surface area (Å²) >= 11 is 0. The lowest BCUT2D eigenvalue weighted by Crippen LogP contribution is -2.24. The number of hydrogen-bond donors (Lipinski definition) is 2. The van der Waals surface area contributed by atoms with Crippen LogP contribution in [0.2, 0.25) is 0 Å². The highest BCUT2D eigenvalue weighted by Gasteiger charge is 2.13. The summed E-state index contributed by atoms with van der Waals surface area (Å²) in [5, 5.41) is 12.0. The molecule has 0 aliphatic heterocycles. The van der Waals surface area contributed by atoms with E-state index in [-0.39, 0.29) is 5.91 Å². The van der Waals surface area contributed by atoms with Crippen molar-refractivity contribution in [3.63, 3.8) is 0 Å². The van der Waals surface area contributed by atoms with Gasteiger partial charge in [0.25, 0.3) is 5.91 Å². The van der Waals surface area contributed by atoms with Gasteiger partial charge in [0.2, 0.25) is 0 Å². The van der Waals surface area contributed by atoms with Crippen molar-refractivity contribution in [3.8, 4) is 0 Å².